The molecule has 1 atom stereocenters. The van der Waals surface area contributed by atoms with Crippen LogP contribution in [0, 0.1) is 0 Å². The van der Waals surface area contributed by atoms with Crippen LogP contribution in [-0.2, 0) is 4.79 Å². The van der Waals surface area contributed by atoms with E-state index in [1.54, 1.807) is 6.92 Å². The molecule has 0 unspecified atom stereocenters. The van der Waals surface area contributed by atoms with Crippen molar-refractivity contribution in [3.05, 3.63) is 24.3 Å². The molecule has 0 aromatic rings. The lowest BCUT2D eigenvalue weighted by Crippen LogP contribution is -2.20. The molecule has 0 radical (unpaired) electrons. The van der Waals surface area contributed by atoms with E-state index in [-0.39, 0.29) is 5.78 Å². The second kappa shape index (κ2) is 7.39. The van der Waals surface area contributed by atoms with Crippen molar-refractivity contribution in [2.75, 3.05) is 0 Å². The average molecular weight is 224 g/mol. The molecule has 0 aliphatic carbocycles. The van der Waals surface area contributed by atoms with Crippen LogP contribution in [0.1, 0.15) is 52.9 Å². The Morgan fingerprint density at radius 1 is 1.38 bits per heavy atom. The molecule has 16 heavy (non-hydrogen) atoms. The summed E-state index contributed by atoms with van der Waals surface area (Å²) >= 11 is 0. The summed E-state index contributed by atoms with van der Waals surface area (Å²) in [4.78, 5) is 11.5. The minimum absolute atomic E-state index is 0.275. The van der Waals surface area contributed by atoms with E-state index >= 15 is 0 Å². The first kappa shape index (κ1) is 15.1. The molecule has 2 nitrogen and oxygen atoms in total. The van der Waals surface area contributed by atoms with Crippen molar-refractivity contribution in [1.29, 1.82) is 0 Å². The van der Waals surface area contributed by atoms with Crippen molar-refractivity contribution in [3.8, 4) is 0 Å². The third-order valence-electron chi connectivity index (χ3n) is 2.55. The van der Waals surface area contributed by atoms with Crippen LogP contribution in [-0.4, -0.2) is 16.5 Å². The lowest BCUT2D eigenvalue weighted by molar-refractivity contribution is -0.119. The zero-order chi connectivity index (χ0) is 12.6. The molecule has 0 aromatic heterocycles. The Balaban J connectivity index is 3.67. The summed E-state index contributed by atoms with van der Waals surface area (Å²) in [6, 6.07) is 0. The second-order valence-corrected chi connectivity index (χ2v) is 4.77. The van der Waals surface area contributed by atoms with Crippen LogP contribution in [0.25, 0.3) is 0 Å². The van der Waals surface area contributed by atoms with Crippen molar-refractivity contribution in [1.82, 2.24) is 0 Å². The lowest BCUT2D eigenvalue weighted by atomic mass is 9.97. The standard InChI is InChI=1S/C14H24O2/c1-5-14(4,16)11-7-10-13(15)9-6-8-12(2)3/h5,8,16H,1,6-7,9-11H2,2-4H3/t14-/m1/s1. The first-order valence-electron chi connectivity index (χ1n) is 5.88. The first-order chi connectivity index (χ1) is 7.37. The smallest absolute Gasteiger partial charge is 0.133 e. The minimum Gasteiger partial charge on any atom is -0.386 e. The maximum Gasteiger partial charge on any atom is 0.133 e. The first-order valence-corrected chi connectivity index (χ1v) is 5.88. The Bertz CT molecular complexity index is 258. The van der Waals surface area contributed by atoms with E-state index in [1.807, 2.05) is 13.8 Å². The Morgan fingerprint density at radius 2 is 2.00 bits per heavy atom. The molecule has 0 amide bonds. The highest BCUT2D eigenvalue weighted by Crippen LogP contribution is 2.15. The van der Waals surface area contributed by atoms with E-state index < -0.39 is 5.60 Å². The lowest BCUT2D eigenvalue weighted by Gasteiger charge is -2.17. The molecule has 0 fully saturated rings. The minimum atomic E-state index is -0.833. The summed E-state index contributed by atoms with van der Waals surface area (Å²) in [5, 5.41) is 9.65. The van der Waals surface area contributed by atoms with Crippen molar-refractivity contribution in [3.63, 3.8) is 0 Å². The molecule has 1 N–H and O–H groups in total. The van der Waals surface area contributed by atoms with E-state index in [4.69, 9.17) is 0 Å². The zero-order valence-electron chi connectivity index (χ0n) is 10.8. The number of aliphatic hydroxyl groups is 1. The Hall–Kier alpha value is -0.890. The van der Waals surface area contributed by atoms with Crippen LogP contribution < -0.4 is 0 Å². The van der Waals surface area contributed by atoms with Gasteiger partial charge in [-0.1, -0.05) is 17.7 Å². The van der Waals surface area contributed by atoms with Gasteiger partial charge in [0.05, 0.1) is 5.60 Å². The topological polar surface area (TPSA) is 37.3 Å². The summed E-state index contributed by atoms with van der Waals surface area (Å²) in [5.74, 6) is 0.275. The average Bonchev–Trinajstić information content (AvgIpc) is 2.17. The normalized spacial score (nSPS) is 14.0. The predicted octanol–water partition coefficient (Wildman–Crippen LogP) is 3.41. The van der Waals surface area contributed by atoms with E-state index in [0.717, 1.165) is 12.8 Å². The highest BCUT2D eigenvalue weighted by molar-refractivity contribution is 5.78. The Morgan fingerprint density at radius 3 is 2.50 bits per heavy atom. The van der Waals surface area contributed by atoms with Gasteiger partial charge in [0, 0.05) is 12.8 Å². The van der Waals surface area contributed by atoms with E-state index in [2.05, 4.69) is 12.7 Å². The van der Waals surface area contributed by atoms with Gasteiger partial charge in [0.25, 0.3) is 0 Å². The van der Waals surface area contributed by atoms with E-state index in [9.17, 15) is 9.90 Å². The van der Waals surface area contributed by atoms with Gasteiger partial charge in [-0.25, -0.2) is 0 Å². The highest BCUT2D eigenvalue weighted by Gasteiger charge is 2.14. The maximum atomic E-state index is 11.5. The number of Topliss-reactive ketones (excluding diaryl/α,β-unsaturated/α-hetero) is 1. The van der Waals surface area contributed by atoms with Gasteiger partial charge in [-0.3, -0.25) is 4.79 Å². The van der Waals surface area contributed by atoms with Crippen molar-refractivity contribution in [2.45, 2.75) is 58.5 Å². The molecule has 92 valence electrons. The number of allylic oxidation sites excluding steroid dienone is 2. The van der Waals surface area contributed by atoms with Gasteiger partial charge >= 0.3 is 0 Å². The van der Waals surface area contributed by atoms with E-state index in [1.165, 1.54) is 11.6 Å². The third-order valence-corrected chi connectivity index (χ3v) is 2.55. The number of rotatable bonds is 8. The number of hydrogen-bond acceptors (Lipinski definition) is 2. The Kier molecular flexibility index (Phi) is 6.98. The molecule has 0 aromatic carbocycles. The fourth-order valence-electron chi connectivity index (χ4n) is 1.39. The quantitative estimate of drug-likeness (QED) is 0.641. The van der Waals surface area contributed by atoms with Crippen LogP contribution in [0.2, 0.25) is 0 Å². The molecule has 2 heteroatoms. The van der Waals surface area contributed by atoms with Gasteiger partial charge < -0.3 is 5.11 Å². The largest absolute Gasteiger partial charge is 0.386 e. The SMILES string of the molecule is C=C[C@@](C)(O)CCCC(=O)CCC=C(C)C. The molecule has 0 spiro atoms. The van der Waals surface area contributed by atoms with Gasteiger partial charge in [-0.05, 0) is 40.0 Å². The molecule has 0 heterocycles. The van der Waals surface area contributed by atoms with Crippen molar-refractivity contribution in [2.24, 2.45) is 0 Å². The molecular formula is C14H24O2. The monoisotopic (exact) mass is 224 g/mol. The summed E-state index contributed by atoms with van der Waals surface area (Å²) in [5.41, 5.74) is 0.419. The number of ketones is 1. The van der Waals surface area contributed by atoms with Gasteiger partial charge in [0.1, 0.15) is 5.78 Å². The molecule has 0 saturated carbocycles. The number of carbonyl (C=O) groups is 1. The zero-order valence-corrected chi connectivity index (χ0v) is 10.8. The maximum absolute atomic E-state index is 11.5. The van der Waals surface area contributed by atoms with Crippen LogP contribution >= 0.6 is 0 Å². The number of hydrogen-bond donors (Lipinski definition) is 1. The van der Waals surface area contributed by atoms with E-state index in [0.29, 0.717) is 19.3 Å². The molecule has 0 rings (SSSR count). The summed E-state index contributed by atoms with van der Waals surface area (Å²) < 4.78 is 0. The second-order valence-electron chi connectivity index (χ2n) is 4.77. The van der Waals surface area contributed by atoms with Crippen molar-refractivity contribution >= 4 is 5.78 Å². The predicted molar refractivity (Wildman–Crippen MR) is 68.3 cm³/mol. The molecular weight excluding hydrogens is 200 g/mol. The number of carbonyl (C=O) groups excluding carboxylic acids is 1. The summed E-state index contributed by atoms with van der Waals surface area (Å²) in [6.45, 7) is 9.34. The van der Waals surface area contributed by atoms with Gasteiger partial charge in [0.2, 0.25) is 0 Å². The third kappa shape index (κ3) is 8.42. The van der Waals surface area contributed by atoms with Crippen LogP contribution in [0.5, 0.6) is 0 Å². The summed E-state index contributed by atoms with van der Waals surface area (Å²) in [7, 11) is 0. The van der Waals surface area contributed by atoms with Crippen LogP contribution in [0.15, 0.2) is 24.3 Å². The molecule has 0 saturated heterocycles. The van der Waals surface area contributed by atoms with Crippen LogP contribution in [0.4, 0.5) is 0 Å². The Labute approximate surface area is 99.1 Å². The molecule has 0 aliphatic rings. The van der Waals surface area contributed by atoms with Gasteiger partial charge in [-0.2, -0.15) is 0 Å². The highest BCUT2D eigenvalue weighted by atomic mass is 16.3. The van der Waals surface area contributed by atoms with Gasteiger partial charge in [0.15, 0.2) is 0 Å². The fraction of sp³-hybridized carbons (Fsp3) is 0.643. The van der Waals surface area contributed by atoms with Crippen LogP contribution in [0.3, 0.4) is 0 Å². The van der Waals surface area contributed by atoms with Crippen molar-refractivity contribution < 1.29 is 9.90 Å². The van der Waals surface area contributed by atoms with Gasteiger partial charge in [-0.15, -0.1) is 6.58 Å². The molecule has 0 bridgehead atoms. The molecule has 0 aliphatic heterocycles. The summed E-state index contributed by atoms with van der Waals surface area (Å²) in [6.07, 6.45) is 6.94. The fourth-order valence-corrected chi connectivity index (χ4v) is 1.39.